The van der Waals surface area contributed by atoms with Gasteiger partial charge in [0, 0.05) is 37.6 Å². The maximum atomic E-state index is 12.5. The molecule has 2 rings (SSSR count). The van der Waals surface area contributed by atoms with Crippen LogP contribution < -0.4 is 0 Å². The summed E-state index contributed by atoms with van der Waals surface area (Å²) in [5.74, 6) is 0.487. The summed E-state index contributed by atoms with van der Waals surface area (Å²) in [6.45, 7) is 6.93. The second kappa shape index (κ2) is 10.4. The number of aryl methyl sites for hydroxylation is 1. The molecule has 1 aromatic carbocycles. The van der Waals surface area contributed by atoms with Gasteiger partial charge in [-0.1, -0.05) is 37.6 Å². The number of rotatable bonds is 6. The lowest BCUT2D eigenvalue weighted by molar-refractivity contribution is -0.131. The van der Waals surface area contributed by atoms with Gasteiger partial charge in [-0.05, 0) is 42.9 Å². The Bertz CT molecular complexity index is 589. The summed E-state index contributed by atoms with van der Waals surface area (Å²) in [7, 11) is 0. The third kappa shape index (κ3) is 6.87. The van der Waals surface area contributed by atoms with E-state index in [4.69, 9.17) is 16.3 Å². The van der Waals surface area contributed by atoms with E-state index in [1.54, 1.807) is 4.90 Å². The fourth-order valence-corrected chi connectivity index (χ4v) is 3.06. The smallest absolute Gasteiger partial charge is 0.409 e. The van der Waals surface area contributed by atoms with Crippen molar-refractivity contribution >= 4 is 23.6 Å². The van der Waals surface area contributed by atoms with Crippen LogP contribution in [0.1, 0.15) is 38.7 Å². The minimum atomic E-state index is -0.268. The van der Waals surface area contributed by atoms with Crippen molar-refractivity contribution in [2.24, 2.45) is 5.92 Å². The molecule has 0 unspecified atom stereocenters. The Morgan fingerprint density at radius 2 is 1.73 bits per heavy atom. The Balaban J connectivity index is 1.72. The highest BCUT2D eigenvalue weighted by Crippen LogP contribution is 2.13. The van der Waals surface area contributed by atoms with Gasteiger partial charge in [0.05, 0.1) is 6.61 Å². The maximum Gasteiger partial charge on any atom is 0.409 e. The van der Waals surface area contributed by atoms with Crippen LogP contribution in [0.5, 0.6) is 0 Å². The molecule has 1 aliphatic heterocycles. The second-order valence-corrected chi connectivity index (χ2v) is 7.61. The van der Waals surface area contributed by atoms with Crippen LogP contribution in [0.25, 0.3) is 0 Å². The summed E-state index contributed by atoms with van der Waals surface area (Å²) < 4.78 is 5.29. The molecule has 26 heavy (non-hydrogen) atoms. The van der Waals surface area contributed by atoms with Gasteiger partial charge in [0.1, 0.15) is 0 Å². The van der Waals surface area contributed by atoms with Crippen molar-refractivity contribution < 1.29 is 14.3 Å². The molecule has 1 fully saturated rings. The fourth-order valence-electron chi connectivity index (χ4n) is 2.93. The van der Waals surface area contributed by atoms with Crippen LogP contribution >= 0.6 is 11.6 Å². The van der Waals surface area contributed by atoms with Gasteiger partial charge in [-0.2, -0.15) is 0 Å². The molecule has 0 saturated carbocycles. The summed E-state index contributed by atoms with van der Waals surface area (Å²) in [6, 6.07) is 7.75. The van der Waals surface area contributed by atoms with E-state index in [1.807, 2.05) is 43.0 Å². The SMILES string of the molecule is CC(C)COC(=O)N1CCCN(C(=O)CCCc2ccc(Cl)cc2)CC1. The highest BCUT2D eigenvalue weighted by molar-refractivity contribution is 6.30. The molecule has 0 aromatic heterocycles. The summed E-state index contributed by atoms with van der Waals surface area (Å²) in [4.78, 5) is 28.1. The van der Waals surface area contributed by atoms with Crippen molar-refractivity contribution in [3.8, 4) is 0 Å². The Kier molecular flexibility index (Phi) is 8.23. The standard InChI is InChI=1S/C20H29ClN2O3/c1-16(2)15-26-20(25)23-12-4-11-22(13-14-23)19(24)6-3-5-17-7-9-18(21)10-8-17/h7-10,16H,3-6,11-15H2,1-2H3. The van der Waals surface area contributed by atoms with Gasteiger partial charge in [-0.15, -0.1) is 0 Å². The van der Waals surface area contributed by atoms with Crippen molar-refractivity contribution in [3.05, 3.63) is 34.9 Å². The van der Waals surface area contributed by atoms with E-state index in [0.29, 0.717) is 45.1 Å². The van der Waals surface area contributed by atoms with Crippen molar-refractivity contribution in [2.75, 3.05) is 32.8 Å². The molecule has 0 bridgehead atoms. The van der Waals surface area contributed by atoms with Crippen molar-refractivity contribution in [1.29, 1.82) is 0 Å². The molecule has 0 spiro atoms. The first-order chi connectivity index (χ1) is 12.5. The van der Waals surface area contributed by atoms with Crippen molar-refractivity contribution in [2.45, 2.75) is 39.5 Å². The number of nitrogens with zero attached hydrogens (tertiary/aromatic N) is 2. The first kappa shape index (κ1) is 20.6. The van der Waals surface area contributed by atoms with Gasteiger partial charge >= 0.3 is 6.09 Å². The molecule has 0 atom stereocenters. The Hall–Kier alpha value is -1.75. The monoisotopic (exact) mass is 380 g/mol. The van der Waals surface area contributed by atoms with E-state index in [0.717, 1.165) is 24.3 Å². The number of hydrogen-bond acceptors (Lipinski definition) is 3. The number of halogens is 1. The largest absolute Gasteiger partial charge is 0.449 e. The average Bonchev–Trinajstić information content (AvgIpc) is 2.87. The Morgan fingerprint density at radius 1 is 1.08 bits per heavy atom. The zero-order valence-electron chi connectivity index (χ0n) is 15.7. The predicted octanol–water partition coefficient (Wildman–Crippen LogP) is 3.99. The number of hydrogen-bond donors (Lipinski definition) is 0. The van der Waals surface area contributed by atoms with Gasteiger partial charge < -0.3 is 14.5 Å². The number of amides is 2. The number of ether oxygens (including phenoxy) is 1. The molecule has 6 heteroatoms. The molecule has 1 heterocycles. The minimum Gasteiger partial charge on any atom is -0.449 e. The first-order valence-corrected chi connectivity index (χ1v) is 9.77. The van der Waals surface area contributed by atoms with E-state index in [9.17, 15) is 9.59 Å². The van der Waals surface area contributed by atoms with Gasteiger partial charge in [0.2, 0.25) is 5.91 Å². The zero-order valence-corrected chi connectivity index (χ0v) is 16.5. The third-order valence-electron chi connectivity index (χ3n) is 4.42. The molecular formula is C20H29ClN2O3. The first-order valence-electron chi connectivity index (χ1n) is 9.39. The van der Waals surface area contributed by atoms with Crippen LogP contribution in [-0.2, 0) is 16.0 Å². The van der Waals surface area contributed by atoms with Gasteiger partial charge in [-0.3, -0.25) is 4.79 Å². The van der Waals surface area contributed by atoms with Crippen LogP contribution in [0.3, 0.4) is 0 Å². The predicted molar refractivity (Wildman–Crippen MR) is 103 cm³/mol. The highest BCUT2D eigenvalue weighted by atomic mass is 35.5. The van der Waals surface area contributed by atoms with Crippen LogP contribution in [-0.4, -0.2) is 54.6 Å². The Morgan fingerprint density at radius 3 is 2.42 bits per heavy atom. The van der Waals surface area contributed by atoms with Crippen LogP contribution in [0.15, 0.2) is 24.3 Å². The fraction of sp³-hybridized carbons (Fsp3) is 0.600. The topological polar surface area (TPSA) is 49.9 Å². The van der Waals surface area contributed by atoms with E-state index in [1.165, 1.54) is 5.56 Å². The zero-order chi connectivity index (χ0) is 18.9. The van der Waals surface area contributed by atoms with E-state index in [-0.39, 0.29) is 12.0 Å². The average molecular weight is 381 g/mol. The number of carbonyl (C=O) groups is 2. The number of carbonyl (C=O) groups excluding carboxylic acids is 2. The highest BCUT2D eigenvalue weighted by Gasteiger charge is 2.22. The minimum absolute atomic E-state index is 0.163. The Labute approximate surface area is 161 Å². The molecule has 0 N–H and O–H groups in total. The van der Waals surface area contributed by atoms with Crippen molar-refractivity contribution in [3.63, 3.8) is 0 Å². The van der Waals surface area contributed by atoms with E-state index >= 15 is 0 Å². The van der Waals surface area contributed by atoms with Crippen LogP contribution in [0.2, 0.25) is 5.02 Å². The summed E-state index contributed by atoms with van der Waals surface area (Å²) in [6.07, 6.45) is 2.73. The van der Waals surface area contributed by atoms with Gasteiger partial charge in [-0.25, -0.2) is 4.79 Å². The summed E-state index contributed by atoms with van der Waals surface area (Å²) in [5.41, 5.74) is 1.19. The van der Waals surface area contributed by atoms with Crippen LogP contribution in [0, 0.1) is 5.92 Å². The lowest BCUT2D eigenvalue weighted by Gasteiger charge is -2.22. The molecule has 1 aromatic rings. The van der Waals surface area contributed by atoms with Crippen LogP contribution in [0.4, 0.5) is 4.79 Å². The molecule has 1 saturated heterocycles. The summed E-state index contributed by atoms with van der Waals surface area (Å²) >= 11 is 5.88. The summed E-state index contributed by atoms with van der Waals surface area (Å²) in [5, 5.41) is 0.728. The van der Waals surface area contributed by atoms with E-state index < -0.39 is 0 Å². The maximum absolute atomic E-state index is 12.5. The van der Waals surface area contributed by atoms with E-state index in [2.05, 4.69) is 0 Å². The molecular weight excluding hydrogens is 352 g/mol. The molecule has 1 aliphatic rings. The normalized spacial score (nSPS) is 15.1. The lowest BCUT2D eigenvalue weighted by Crippen LogP contribution is -2.37. The molecule has 2 amide bonds. The quantitative estimate of drug-likeness (QED) is 0.749. The molecule has 5 nitrogen and oxygen atoms in total. The molecule has 144 valence electrons. The second-order valence-electron chi connectivity index (χ2n) is 7.17. The molecule has 0 radical (unpaired) electrons. The van der Waals surface area contributed by atoms with Gasteiger partial charge in [0.15, 0.2) is 0 Å². The number of benzene rings is 1. The van der Waals surface area contributed by atoms with Crippen molar-refractivity contribution in [1.82, 2.24) is 9.80 Å². The van der Waals surface area contributed by atoms with Gasteiger partial charge in [0.25, 0.3) is 0 Å². The lowest BCUT2D eigenvalue weighted by atomic mass is 10.1. The third-order valence-corrected chi connectivity index (χ3v) is 4.67. The molecule has 0 aliphatic carbocycles.